The Morgan fingerprint density at radius 1 is 1.21 bits per heavy atom. The SMILES string of the molecule is CNC(C)(C)Cc1ccc(F)c(F)c1. The van der Waals surface area contributed by atoms with Gasteiger partial charge in [-0.2, -0.15) is 0 Å². The number of hydrogen-bond donors (Lipinski definition) is 1. The van der Waals surface area contributed by atoms with Gasteiger partial charge in [-0.05, 0) is 45.0 Å². The lowest BCUT2D eigenvalue weighted by atomic mass is 9.95. The molecule has 0 aliphatic heterocycles. The summed E-state index contributed by atoms with van der Waals surface area (Å²) < 4.78 is 25.5. The molecule has 0 atom stereocenters. The van der Waals surface area contributed by atoms with Crippen LogP contribution in [0.3, 0.4) is 0 Å². The van der Waals surface area contributed by atoms with Crippen LogP contribution in [0.1, 0.15) is 19.4 Å². The summed E-state index contributed by atoms with van der Waals surface area (Å²) in [5.41, 5.74) is 0.688. The fraction of sp³-hybridized carbons (Fsp3) is 0.455. The molecule has 3 heteroatoms. The molecule has 0 saturated carbocycles. The van der Waals surface area contributed by atoms with E-state index >= 15 is 0 Å². The predicted molar refractivity (Wildman–Crippen MR) is 53.2 cm³/mol. The van der Waals surface area contributed by atoms with E-state index in [1.54, 1.807) is 6.07 Å². The first kappa shape index (κ1) is 11.1. The van der Waals surface area contributed by atoms with E-state index in [9.17, 15) is 8.78 Å². The zero-order valence-corrected chi connectivity index (χ0v) is 8.70. The van der Waals surface area contributed by atoms with Gasteiger partial charge in [-0.25, -0.2) is 8.78 Å². The molecule has 0 fully saturated rings. The van der Waals surface area contributed by atoms with Crippen LogP contribution in [-0.2, 0) is 6.42 Å². The summed E-state index contributed by atoms with van der Waals surface area (Å²) in [7, 11) is 1.85. The normalized spacial score (nSPS) is 11.8. The Bertz CT molecular complexity index is 321. The number of likely N-dealkylation sites (N-methyl/N-ethyl adjacent to an activating group) is 1. The highest BCUT2D eigenvalue weighted by Crippen LogP contribution is 2.15. The Kier molecular flexibility index (Phi) is 3.21. The van der Waals surface area contributed by atoms with Gasteiger partial charge in [0.2, 0.25) is 0 Å². The summed E-state index contributed by atoms with van der Waals surface area (Å²) >= 11 is 0. The van der Waals surface area contributed by atoms with E-state index in [1.165, 1.54) is 6.07 Å². The molecule has 1 N–H and O–H groups in total. The van der Waals surface area contributed by atoms with Crippen molar-refractivity contribution >= 4 is 0 Å². The van der Waals surface area contributed by atoms with Gasteiger partial charge in [0.05, 0.1) is 0 Å². The summed E-state index contributed by atoms with van der Waals surface area (Å²) in [5, 5.41) is 3.11. The van der Waals surface area contributed by atoms with Gasteiger partial charge in [0.25, 0.3) is 0 Å². The lowest BCUT2D eigenvalue weighted by Crippen LogP contribution is -2.38. The van der Waals surface area contributed by atoms with Crippen LogP contribution in [0.5, 0.6) is 0 Å². The van der Waals surface area contributed by atoms with Gasteiger partial charge < -0.3 is 5.32 Å². The standard InChI is InChI=1S/C11H15F2N/c1-11(2,14-3)7-8-4-5-9(12)10(13)6-8/h4-6,14H,7H2,1-3H3. The molecule has 0 unspecified atom stereocenters. The molecule has 0 aliphatic carbocycles. The summed E-state index contributed by atoms with van der Waals surface area (Å²) in [4.78, 5) is 0. The molecule has 0 aromatic heterocycles. The molecule has 1 aromatic carbocycles. The zero-order valence-electron chi connectivity index (χ0n) is 8.70. The van der Waals surface area contributed by atoms with Gasteiger partial charge >= 0.3 is 0 Å². The highest BCUT2D eigenvalue weighted by molar-refractivity contribution is 5.19. The second-order valence-corrected chi connectivity index (χ2v) is 4.06. The Hall–Kier alpha value is -0.960. The average Bonchev–Trinajstić information content (AvgIpc) is 2.11. The molecule has 0 bridgehead atoms. The van der Waals surface area contributed by atoms with Gasteiger partial charge in [0.15, 0.2) is 11.6 Å². The first-order valence-corrected chi connectivity index (χ1v) is 4.57. The molecule has 0 heterocycles. The highest BCUT2D eigenvalue weighted by atomic mass is 19.2. The molecule has 0 saturated heterocycles. The lowest BCUT2D eigenvalue weighted by Gasteiger charge is -2.23. The molecular weight excluding hydrogens is 184 g/mol. The second kappa shape index (κ2) is 4.05. The molecule has 14 heavy (non-hydrogen) atoms. The molecule has 0 amide bonds. The van der Waals surface area contributed by atoms with Crippen molar-refractivity contribution in [2.45, 2.75) is 25.8 Å². The second-order valence-electron chi connectivity index (χ2n) is 4.06. The Morgan fingerprint density at radius 3 is 2.36 bits per heavy atom. The van der Waals surface area contributed by atoms with E-state index < -0.39 is 11.6 Å². The fourth-order valence-electron chi connectivity index (χ4n) is 1.25. The van der Waals surface area contributed by atoms with Crippen molar-refractivity contribution in [3.63, 3.8) is 0 Å². The van der Waals surface area contributed by atoms with Crippen LogP contribution in [-0.4, -0.2) is 12.6 Å². The fourth-order valence-corrected chi connectivity index (χ4v) is 1.25. The van der Waals surface area contributed by atoms with E-state index in [4.69, 9.17) is 0 Å². The van der Waals surface area contributed by atoms with Gasteiger partial charge in [-0.1, -0.05) is 6.07 Å². The third kappa shape index (κ3) is 2.77. The highest BCUT2D eigenvalue weighted by Gasteiger charge is 2.16. The van der Waals surface area contributed by atoms with Crippen molar-refractivity contribution in [1.82, 2.24) is 5.32 Å². The maximum atomic E-state index is 12.9. The van der Waals surface area contributed by atoms with E-state index in [2.05, 4.69) is 5.32 Å². The Balaban J connectivity index is 2.83. The first-order valence-electron chi connectivity index (χ1n) is 4.57. The molecule has 1 nitrogen and oxygen atoms in total. The van der Waals surface area contributed by atoms with Crippen LogP contribution in [0.25, 0.3) is 0 Å². The van der Waals surface area contributed by atoms with Crippen LogP contribution in [0, 0.1) is 11.6 Å². The number of hydrogen-bond acceptors (Lipinski definition) is 1. The monoisotopic (exact) mass is 199 g/mol. The lowest BCUT2D eigenvalue weighted by molar-refractivity contribution is 0.419. The van der Waals surface area contributed by atoms with Crippen molar-refractivity contribution in [1.29, 1.82) is 0 Å². The molecule has 78 valence electrons. The van der Waals surface area contributed by atoms with Gasteiger partial charge in [-0.3, -0.25) is 0 Å². The number of halogens is 2. The third-order valence-corrected chi connectivity index (χ3v) is 2.31. The first-order chi connectivity index (χ1) is 6.44. The predicted octanol–water partition coefficient (Wildman–Crippen LogP) is 2.51. The van der Waals surface area contributed by atoms with E-state index in [-0.39, 0.29) is 5.54 Å². The largest absolute Gasteiger partial charge is 0.314 e. The molecule has 0 radical (unpaired) electrons. The molecule has 0 aliphatic rings. The minimum atomic E-state index is -0.795. The van der Waals surface area contributed by atoms with Crippen molar-refractivity contribution in [3.8, 4) is 0 Å². The molecular formula is C11H15F2N. The number of benzene rings is 1. The van der Waals surface area contributed by atoms with Crippen LogP contribution in [0.4, 0.5) is 8.78 Å². The van der Waals surface area contributed by atoms with Gasteiger partial charge in [0, 0.05) is 5.54 Å². The smallest absolute Gasteiger partial charge is 0.159 e. The molecule has 1 rings (SSSR count). The van der Waals surface area contributed by atoms with Gasteiger partial charge in [-0.15, -0.1) is 0 Å². The van der Waals surface area contributed by atoms with Crippen molar-refractivity contribution in [2.24, 2.45) is 0 Å². The van der Waals surface area contributed by atoms with Crippen LogP contribution in [0.2, 0.25) is 0 Å². The van der Waals surface area contributed by atoms with Crippen molar-refractivity contribution < 1.29 is 8.78 Å². The number of rotatable bonds is 3. The van der Waals surface area contributed by atoms with E-state index in [1.807, 2.05) is 20.9 Å². The maximum Gasteiger partial charge on any atom is 0.159 e. The van der Waals surface area contributed by atoms with Crippen LogP contribution >= 0.6 is 0 Å². The minimum absolute atomic E-state index is 0.107. The van der Waals surface area contributed by atoms with Crippen molar-refractivity contribution in [2.75, 3.05) is 7.05 Å². The van der Waals surface area contributed by atoms with Gasteiger partial charge in [0.1, 0.15) is 0 Å². The minimum Gasteiger partial charge on any atom is -0.314 e. The Labute approximate surface area is 83.1 Å². The van der Waals surface area contributed by atoms with Crippen LogP contribution in [0.15, 0.2) is 18.2 Å². The van der Waals surface area contributed by atoms with Crippen LogP contribution < -0.4 is 5.32 Å². The summed E-state index contributed by atoms with van der Waals surface area (Å²) in [6.07, 6.45) is 0.667. The summed E-state index contributed by atoms with van der Waals surface area (Å²) in [6.45, 7) is 4.02. The van der Waals surface area contributed by atoms with E-state index in [0.717, 1.165) is 11.6 Å². The van der Waals surface area contributed by atoms with E-state index in [0.29, 0.717) is 6.42 Å². The Morgan fingerprint density at radius 2 is 1.86 bits per heavy atom. The van der Waals surface area contributed by atoms with Crippen molar-refractivity contribution in [3.05, 3.63) is 35.4 Å². The summed E-state index contributed by atoms with van der Waals surface area (Å²) in [5.74, 6) is -1.58. The number of nitrogens with one attached hydrogen (secondary N) is 1. The third-order valence-electron chi connectivity index (χ3n) is 2.31. The molecule has 1 aromatic rings. The molecule has 0 spiro atoms. The topological polar surface area (TPSA) is 12.0 Å². The quantitative estimate of drug-likeness (QED) is 0.788. The average molecular weight is 199 g/mol. The zero-order chi connectivity index (χ0) is 10.8. The maximum absolute atomic E-state index is 12.9. The summed E-state index contributed by atoms with van der Waals surface area (Å²) in [6, 6.07) is 4.02.